The van der Waals surface area contributed by atoms with Crippen LogP contribution in [-0.4, -0.2) is 16.1 Å². The zero-order valence-electron chi connectivity index (χ0n) is 12.5. The Morgan fingerprint density at radius 1 is 0.957 bits per heavy atom. The van der Waals surface area contributed by atoms with Crippen molar-refractivity contribution in [1.82, 2.24) is 10.2 Å². The summed E-state index contributed by atoms with van der Waals surface area (Å²) in [7, 11) is 0. The Hall–Kier alpha value is -2.72. The highest BCUT2D eigenvalue weighted by Crippen LogP contribution is 2.23. The summed E-state index contributed by atoms with van der Waals surface area (Å²) < 4.78 is 0. The largest absolute Gasteiger partial charge is 0.320 e. The first-order valence-corrected chi connectivity index (χ1v) is 7.48. The number of hydrogen-bond donors (Lipinski definition) is 1. The van der Waals surface area contributed by atoms with Crippen molar-refractivity contribution in [3.8, 4) is 11.3 Å². The van der Waals surface area contributed by atoms with Gasteiger partial charge in [-0.15, -0.1) is 10.2 Å². The predicted molar refractivity (Wildman–Crippen MR) is 91.6 cm³/mol. The molecule has 0 saturated heterocycles. The molecule has 0 aliphatic heterocycles. The van der Waals surface area contributed by atoms with Crippen LogP contribution in [0.4, 0.5) is 5.69 Å². The molecule has 0 atom stereocenters. The molecule has 0 unspecified atom stereocenters. The van der Waals surface area contributed by atoms with Gasteiger partial charge in [-0.25, -0.2) is 0 Å². The lowest BCUT2D eigenvalue weighted by atomic mass is 10.1. The van der Waals surface area contributed by atoms with Crippen LogP contribution in [0.15, 0.2) is 60.7 Å². The van der Waals surface area contributed by atoms with E-state index in [1.807, 2.05) is 37.3 Å². The highest BCUT2D eigenvalue weighted by atomic mass is 35.5. The molecule has 114 valence electrons. The number of hydrogen-bond acceptors (Lipinski definition) is 3. The summed E-state index contributed by atoms with van der Waals surface area (Å²) in [6.45, 7) is 1.85. The molecule has 1 aromatic heterocycles. The van der Waals surface area contributed by atoms with Gasteiger partial charge in [0.1, 0.15) is 0 Å². The van der Waals surface area contributed by atoms with Crippen molar-refractivity contribution in [2.45, 2.75) is 6.92 Å². The first-order chi connectivity index (χ1) is 11.1. The van der Waals surface area contributed by atoms with Gasteiger partial charge in [-0.3, -0.25) is 4.79 Å². The third-order valence-corrected chi connectivity index (χ3v) is 3.89. The molecule has 2 aromatic carbocycles. The Balaban J connectivity index is 1.79. The molecule has 1 heterocycles. The number of carbonyl (C=O) groups is 1. The molecule has 0 fully saturated rings. The second kappa shape index (κ2) is 6.58. The minimum atomic E-state index is -0.317. The van der Waals surface area contributed by atoms with Crippen LogP contribution in [0.5, 0.6) is 0 Å². The average Bonchev–Trinajstić information content (AvgIpc) is 2.60. The molecule has 0 spiro atoms. The summed E-state index contributed by atoms with van der Waals surface area (Å²) in [6.07, 6.45) is 0. The van der Waals surface area contributed by atoms with E-state index in [4.69, 9.17) is 11.6 Å². The van der Waals surface area contributed by atoms with Crippen molar-refractivity contribution >= 4 is 23.2 Å². The van der Waals surface area contributed by atoms with Crippen molar-refractivity contribution in [3.05, 3.63) is 76.9 Å². The fourth-order valence-electron chi connectivity index (χ4n) is 2.15. The van der Waals surface area contributed by atoms with Crippen LogP contribution in [-0.2, 0) is 0 Å². The van der Waals surface area contributed by atoms with E-state index in [-0.39, 0.29) is 11.6 Å². The molecular formula is C18H14ClN3O. The zero-order valence-corrected chi connectivity index (χ0v) is 13.2. The molecule has 0 aliphatic rings. The minimum absolute atomic E-state index is 0.254. The van der Waals surface area contributed by atoms with Crippen LogP contribution in [0.1, 0.15) is 16.1 Å². The third-order valence-electron chi connectivity index (χ3n) is 3.48. The Morgan fingerprint density at radius 2 is 1.74 bits per heavy atom. The molecule has 0 radical (unpaired) electrons. The Morgan fingerprint density at radius 3 is 2.43 bits per heavy atom. The van der Waals surface area contributed by atoms with Crippen molar-refractivity contribution in [3.63, 3.8) is 0 Å². The van der Waals surface area contributed by atoms with Crippen molar-refractivity contribution in [2.75, 3.05) is 5.32 Å². The lowest BCUT2D eigenvalue weighted by Crippen LogP contribution is -2.15. The molecule has 1 N–H and O–H groups in total. The van der Waals surface area contributed by atoms with E-state index in [2.05, 4.69) is 15.5 Å². The smallest absolute Gasteiger partial charge is 0.276 e. The topological polar surface area (TPSA) is 54.9 Å². The summed E-state index contributed by atoms with van der Waals surface area (Å²) in [5.74, 6) is -0.317. The SMILES string of the molecule is Cc1c(Cl)cccc1NC(=O)c1ccc(-c2ccccc2)nn1. The predicted octanol–water partition coefficient (Wildman–Crippen LogP) is 4.36. The summed E-state index contributed by atoms with van der Waals surface area (Å²) in [6, 6.07) is 18.5. The number of benzene rings is 2. The van der Waals surface area contributed by atoms with Gasteiger partial charge in [-0.05, 0) is 36.8 Å². The first-order valence-electron chi connectivity index (χ1n) is 7.11. The molecule has 23 heavy (non-hydrogen) atoms. The van der Waals surface area contributed by atoms with E-state index >= 15 is 0 Å². The number of carbonyl (C=O) groups excluding carboxylic acids is 1. The molecule has 3 rings (SSSR count). The van der Waals surface area contributed by atoms with E-state index in [1.54, 1.807) is 30.3 Å². The Labute approximate surface area is 139 Å². The van der Waals surface area contributed by atoms with Crippen molar-refractivity contribution in [2.24, 2.45) is 0 Å². The van der Waals surface area contributed by atoms with Crippen LogP contribution >= 0.6 is 11.6 Å². The van der Waals surface area contributed by atoms with Crippen LogP contribution in [0.3, 0.4) is 0 Å². The molecule has 1 amide bonds. The maximum Gasteiger partial charge on any atom is 0.276 e. The van der Waals surface area contributed by atoms with E-state index < -0.39 is 0 Å². The quantitative estimate of drug-likeness (QED) is 0.779. The van der Waals surface area contributed by atoms with Crippen LogP contribution < -0.4 is 5.32 Å². The van der Waals surface area contributed by atoms with Crippen molar-refractivity contribution < 1.29 is 4.79 Å². The van der Waals surface area contributed by atoms with Gasteiger partial charge in [0, 0.05) is 16.3 Å². The number of nitrogens with zero attached hydrogens (tertiary/aromatic N) is 2. The molecular weight excluding hydrogens is 310 g/mol. The number of anilines is 1. The molecule has 3 aromatic rings. The lowest BCUT2D eigenvalue weighted by molar-refractivity contribution is 0.102. The molecule has 4 nitrogen and oxygen atoms in total. The number of halogens is 1. The summed E-state index contributed by atoms with van der Waals surface area (Å²) >= 11 is 6.05. The standard InChI is InChI=1S/C18H14ClN3O/c1-12-14(19)8-5-9-15(12)20-18(23)17-11-10-16(21-22-17)13-6-3-2-4-7-13/h2-11H,1H3,(H,20,23). The maximum atomic E-state index is 12.3. The highest BCUT2D eigenvalue weighted by Gasteiger charge is 2.11. The lowest BCUT2D eigenvalue weighted by Gasteiger charge is -2.09. The van der Waals surface area contributed by atoms with Gasteiger partial charge in [-0.1, -0.05) is 48.0 Å². The fraction of sp³-hybridized carbons (Fsp3) is 0.0556. The molecule has 5 heteroatoms. The number of aromatic nitrogens is 2. The van der Waals surface area contributed by atoms with Gasteiger partial charge >= 0.3 is 0 Å². The van der Waals surface area contributed by atoms with Crippen LogP contribution in [0.2, 0.25) is 5.02 Å². The Bertz CT molecular complexity index is 833. The molecule has 0 aliphatic carbocycles. The first kappa shape index (κ1) is 15.2. The second-order valence-electron chi connectivity index (χ2n) is 5.04. The van der Waals surface area contributed by atoms with Gasteiger partial charge in [0.25, 0.3) is 5.91 Å². The van der Waals surface area contributed by atoms with Crippen molar-refractivity contribution in [1.29, 1.82) is 0 Å². The third kappa shape index (κ3) is 3.38. The van der Waals surface area contributed by atoms with E-state index in [0.29, 0.717) is 10.7 Å². The van der Waals surface area contributed by atoms with Gasteiger partial charge < -0.3 is 5.32 Å². The maximum absolute atomic E-state index is 12.3. The van der Waals surface area contributed by atoms with Gasteiger partial charge in [0.2, 0.25) is 0 Å². The van der Waals surface area contributed by atoms with E-state index in [0.717, 1.165) is 16.8 Å². The zero-order chi connectivity index (χ0) is 16.2. The highest BCUT2D eigenvalue weighted by molar-refractivity contribution is 6.31. The second-order valence-corrected chi connectivity index (χ2v) is 5.44. The van der Waals surface area contributed by atoms with Crippen LogP contribution in [0, 0.1) is 6.92 Å². The average molecular weight is 324 g/mol. The van der Waals surface area contributed by atoms with E-state index in [1.165, 1.54) is 0 Å². The monoisotopic (exact) mass is 323 g/mol. The summed E-state index contributed by atoms with van der Waals surface area (Å²) in [5.41, 5.74) is 3.41. The fourth-order valence-corrected chi connectivity index (χ4v) is 2.32. The summed E-state index contributed by atoms with van der Waals surface area (Å²) in [4.78, 5) is 12.3. The van der Waals surface area contributed by atoms with Gasteiger partial charge in [0.05, 0.1) is 5.69 Å². The van der Waals surface area contributed by atoms with E-state index in [9.17, 15) is 4.79 Å². The number of rotatable bonds is 3. The summed E-state index contributed by atoms with van der Waals surface area (Å²) in [5, 5.41) is 11.5. The normalized spacial score (nSPS) is 10.3. The minimum Gasteiger partial charge on any atom is -0.320 e. The molecule has 0 saturated carbocycles. The Kier molecular flexibility index (Phi) is 4.35. The molecule has 0 bridgehead atoms. The number of amides is 1. The van der Waals surface area contributed by atoms with Crippen LogP contribution in [0.25, 0.3) is 11.3 Å². The van der Waals surface area contributed by atoms with Gasteiger partial charge in [-0.2, -0.15) is 0 Å². The van der Waals surface area contributed by atoms with Gasteiger partial charge in [0.15, 0.2) is 5.69 Å². The number of nitrogens with one attached hydrogen (secondary N) is 1.